The van der Waals surface area contributed by atoms with E-state index in [1.807, 2.05) is 54.6 Å². The third-order valence-corrected chi connectivity index (χ3v) is 5.08. The number of rotatable bonds is 8. The van der Waals surface area contributed by atoms with Gasteiger partial charge in [-0.3, -0.25) is 4.79 Å². The highest BCUT2D eigenvalue weighted by Crippen LogP contribution is 2.30. The molecule has 0 aliphatic heterocycles. The first-order valence-corrected chi connectivity index (χ1v) is 11.2. The standard InChI is InChI=1S/C24H27N3O4S/c1-24(2,3)31-23(29)26-13-12-25-22(28)20-21(32-16-27-20)18-10-7-11-19(14-18)30-15-17-8-5-4-6-9-17/h4-11,14,16H,12-13,15H2,1-3H3,(H,25,28)(H,26,29). The monoisotopic (exact) mass is 453 g/mol. The molecule has 1 heterocycles. The first-order valence-electron chi connectivity index (χ1n) is 10.3. The van der Waals surface area contributed by atoms with E-state index < -0.39 is 11.7 Å². The number of alkyl carbamates (subject to hydrolysis) is 1. The lowest BCUT2D eigenvalue weighted by Gasteiger charge is -2.19. The molecule has 0 radical (unpaired) electrons. The molecule has 2 aromatic carbocycles. The van der Waals surface area contributed by atoms with Crippen LogP contribution in [0.5, 0.6) is 5.75 Å². The van der Waals surface area contributed by atoms with Gasteiger partial charge in [-0.25, -0.2) is 9.78 Å². The summed E-state index contributed by atoms with van der Waals surface area (Å²) in [5.41, 5.74) is 3.35. The van der Waals surface area contributed by atoms with Crippen molar-refractivity contribution in [1.82, 2.24) is 15.6 Å². The summed E-state index contributed by atoms with van der Waals surface area (Å²) in [7, 11) is 0. The van der Waals surface area contributed by atoms with Crippen LogP contribution in [0.3, 0.4) is 0 Å². The van der Waals surface area contributed by atoms with Crippen LogP contribution in [0, 0.1) is 0 Å². The zero-order chi connectivity index (χ0) is 23.0. The fourth-order valence-electron chi connectivity index (χ4n) is 2.82. The maximum atomic E-state index is 12.6. The molecule has 2 N–H and O–H groups in total. The number of benzene rings is 2. The van der Waals surface area contributed by atoms with Crippen molar-refractivity contribution in [3.63, 3.8) is 0 Å². The van der Waals surface area contributed by atoms with Crippen LogP contribution in [0.2, 0.25) is 0 Å². The number of hydrogen-bond acceptors (Lipinski definition) is 6. The van der Waals surface area contributed by atoms with Gasteiger partial charge in [0.25, 0.3) is 5.91 Å². The van der Waals surface area contributed by atoms with E-state index in [0.29, 0.717) is 18.1 Å². The van der Waals surface area contributed by atoms with Crippen molar-refractivity contribution in [3.8, 4) is 16.2 Å². The van der Waals surface area contributed by atoms with Crippen LogP contribution in [-0.4, -0.2) is 35.7 Å². The lowest BCUT2D eigenvalue weighted by Crippen LogP contribution is -2.38. The molecule has 0 aliphatic rings. The Balaban J connectivity index is 1.56. The molecule has 0 spiro atoms. The summed E-state index contributed by atoms with van der Waals surface area (Å²) in [6.07, 6.45) is -0.520. The van der Waals surface area contributed by atoms with E-state index in [1.165, 1.54) is 11.3 Å². The predicted molar refractivity (Wildman–Crippen MR) is 125 cm³/mol. The van der Waals surface area contributed by atoms with E-state index in [-0.39, 0.29) is 19.0 Å². The van der Waals surface area contributed by atoms with Gasteiger partial charge in [-0.2, -0.15) is 0 Å². The Morgan fingerprint density at radius 2 is 1.75 bits per heavy atom. The van der Waals surface area contributed by atoms with E-state index in [2.05, 4.69) is 15.6 Å². The molecule has 0 unspecified atom stereocenters. The van der Waals surface area contributed by atoms with Gasteiger partial charge in [-0.1, -0.05) is 42.5 Å². The van der Waals surface area contributed by atoms with Gasteiger partial charge in [0, 0.05) is 13.1 Å². The Bertz CT molecular complexity index is 1040. The van der Waals surface area contributed by atoms with Crippen molar-refractivity contribution in [2.45, 2.75) is 33.0 Å². The smallest absolute Gasteiger partial charge is 0.407 e. The molecule has 32 heavy (non-hydrogen) atoms. The van der Waals surface area contributed by atoms with Gasteiger partial charge in [-0.05, 0) is 44.0 Å². The quantitative estimate of drug-likeness (QED) is 0.485. The summed E-state index contributed by atoms with van der Waals surface area (Å²) in [4.78, 5) is 29.3. The Morgan fingerprint density at radius 1 is 1.00 bits per heavy atom. The molecule has 1 aromatic heterocycles. The van der Waals surface area contributed by atoms with Gasteiger partial charge in [0.2, 0.25) is 0 Å². The first-order chi connectivity index (χ1) is 15.3. The van der Waals surface area contributed by atoms with Crippen molar-refractivity contribution in [2.75, 3.05) is 13.1 Å². The molecule has 3 aromatic rings. The molecule has 0 atom stereocenters. The van der Waals surface area contributed by atoms with Crippen LogP contribution in [0.15, 0.2) is 60.1 Å². The van der Waals surface area contributed by atoms with Gasteiger partial charge in [0.1, 0.15) is 23.7 Å². The molecule has 8 heteroatoms. The van der Waals surface area contributed by atoms with Gasteiger partial charge >= 0.3 is 6.09 Å². The SMILES string of the molecule is CC(C)(C)OC(=O)NCCNC(=O)c1ncsc1-c1cccc(OCc2ccccc2)c1. The highest BCUT2D eigenvalue weighted by molar-refractivity contribution is 7.13. The zero-order valence-electron chi connectivity index (χ0n) is 18.4. The number of carbonyl (C=O) groups excluding carboxylic acids is 2. The summed E-state index contributed by atoms with van der Waals surface area (Å²) < 4.78 is 11.1. The minimum Gasteiger partial charge on any atom is -0.489 e. The molecule has 0 aliphatic carbocycles. The fourth-order valence-corrected chi connectivity index (χ4v) is 3.60. The second-order valence-corrected chi connectivity index (χ2v) is 8.87. The summed E-state index contributed by atoms with van der Waals surface area (Å²) >= 11 is 1.39. The minimum absolute atomic E-state index is 0.253. The molecular weight excluding hydrogens is 426 g/mol. The van der Waals surface area contributed by atoms with Crippen LogP contribution in [0.25, 0.3) is 10.4 Å². The van der Waals surface area contributed by atoms with Crippen molar-refractivity contribution in [2.24, 2.45) is 0 Å². The predicted octanol–water partition coefficient (Wildman–Crippen LogP) is 4.64. The second-order valence-electron chi connectivity index (χ2n) is 8.02. The average Bonchev–Trinajstić information content (AvgIpc) is 3.25. The number of ether oxygens (including phenoxy) is 2. The van der Waals surface area contributed by atoms with E-state index in [0.717, 1.165) is 16.0 Å². The second kappa shape index (κ2) is 10.8. The van der Waals surface area contributed by atoms with Gasteiger partial charge in [0.15, 0.2) is 0 Å². The number of nitrogens with zero attached hydrogens (tertiary/aromatic N) is 1. The topological polar surface area (TPSA) is 89.6 Å². The molecular formula is C24H27N3O4S. The largest absolute Gasteiger partial charge is 0.489 e. The van der Waals surface area contributed by atoms with Gasteiger partial charge in [0.05, 0.1) is 10.4 Å². The molecule has 168 valence electrons. The normalized spacial score (nSPS) is 11.0. The van der Waals surface area contributed by atoms with Crippen molar-refractivity contribution >= 4 is 23.3 Å². The molecule has 2 amide bonds. The Labute approximate surface area is 191 Å². The third-order valence-electron chi connectivity index (χ3n) is 4.21. The molecule has 0 saturated heterocycles. The number of thiazole rings is 1. The summed E-state index contributed by atoms with van der Waals surface area (Å²) in [5.74, 6) is 0.413. The van der Waals surface area contributed by atoms with Crippen LogP contribution in [-0.2, 0) is 11.3 Å². The summed E-state index contributed by atoms with van der Waals surface area (Å²) in [6, 6.07) is 17.5. The first kappa shape index (κ1) is 23.3. The van der Waals surface area contributed by atoms with Gasteiger partial charge in [-0.15, -0.1) is 11.3 Å². The number of nitrogens with one attached hydrogen (secondary N) is 2. The number of aromatic nitrogens is 1. The lowest BCUT2D eigenvalue weighted by molar-refractivity contribution is 0.0526. The average molecular weight is 454 g/mol. The molecule has 0 bridgehead atoms. The molecule has 7 nitrogen and oxygen atoms in total. The van der Waals surface area contributed by atoms with E-state index in [4.69, 9.17) is 9.47 Å². The van der Waals surface area contributed by atoms with Crippen molar-refractivity contribution in [3.05, 3.63) is 71.4 Å². The third kappa shape index (κ3) is 7.09. The maximum absolute atomic E-state index is 12.6. The summed E-state index contributed by atoms with van der Waals surface area (Å²) in [6.45, 7) is 6.35. The highest BCUT2D eigenvalue weighted by atomic mass is 32.1. The van der Waals surface area contributed by atoms with Crippen LogP contribution >= 0.6 is 11.3 Å². The maximum Gasteiger partial charge on any atom is 0.407 e. The summed E-state index contributed by atoms with van der Waals surface area (Å²) in [5, 5.41) is 5.39. The Kier molecular flexibility index (Phi) is 7.83. The Hall–Kier alpha value is -3.39. The minimum atomic E-state index is -0.567. The van der Waals surface area contributed by atoms with Gasteiger partial charge < -0.3 is 20.1 Å². The molecule has 0 fully saturated rings. The van der Waals surface area contributed by atoms with Crippen molar-refractivity contribution in [1.29, 1.82) is 0 Å². The van der Waals surface area contributed by atoms with E-state index in [9.17, 15) is 9.59 Å². The zero-order valence-corrected chi connectivity index (χ0v) is 19.2. The van der Waals surface area contributed by atoms with E-state index in [1.54, 1.807) is 26.3 Å². The lowest BCUT2D eigenvalue weighted by atomic mass is 10.1. The fraction of sp³-hybridized carbons (Fsp3) is 0.292. The van der Waals surface area contributed by atoms with Crippen molar-refractivity contribution < 1.29 is 19.1 Å². The van der Waals surface area contributed by atoms with Crippen LogP contribution in [0.4, 0.5) is 4.79 Å². The van der Waals surface area contributed by atoms with Crippen LogP contribution < -0.4 is 15.4 Å². The number of amides is 2. The number of hydrogen-bond donors (Lipinski definition) is 2. The van der Waals surface area contributed by atoms with Crippen LogP contribution in [0.1, 0.15) is 36.8 Å². The van der Waals surface area contributed by atoms with E-state index >= 15 is 0 Å². The highest BCUT2D eigenvalue weighted by Gasteiger charge is 2.18. The molecule has 3 rings (SSSR count). The Morgan fingerprint density at radius 3 is 2.50 bits per heavy atom. The molecule has 0 saturated carbocycles. The number of carbonyl (C=O) groups is 2.